The van der Waals surface area contributed by atoms with Crippen molar-refractivity contribution in [3.8, 4) is 11.8 Å². The average molecular weight is 896 g/mol. The topological polar surface area (TPSA) is 0 Å². The van der Waals surface area contributed by atoms with Crippen molar-refractivity contribution in [2.24, 2.45) is 0 Å². The van der Waals surface area contributed by atoms with Gasteiger partial charge in [0.05, 0.1) is 0 Å². The van der Waals surface area contributed by atoms with Crippen molar-refractivity contribution in [3.05, 3.63) is 0 Å². The van der Waals surface area contributed by atoms with E-state index in [9.17, 15) is 102 Å². The van der Waals surface area contributed by atoms with E-state index < -0.39 is 65.5 Å². The van der Waals surface area contributed by atoms with Crippen molar-refractivity contribution < 1.29 is 141 Å². The smallest absolute Gasteiger partial charge is 0.159 e. The summed E-state index contributed by atoms with van der Waals surface area (Å²) in [6.07, 6.45) is -10.1. The first-order chi connectivity index (χ1) is 14.6. The van der Waals surface area contributed by atoms with E-state index in [2.05, 4.69) is 0 Å². The third-order valence-corrected chi connectivity index (χ3v) is 0.346. The van der Waals surface area contributed by atoms with Crippen LogP contribution in [0.5, 0.6) is 0 Å². The zero-order valence-electron chi connectivity index (χ0n) is 14.4. The molecule has 0 heterocycles. The maximum absolute atomic E-state index is 10.9. The Bertz CT molecular complexity index is 336. The van der Waals surface area contributed by atoms with E-state index in [1.165, 1.54) is 0 Å². The van der Waals surface area contributed by atoms with Crippen molar-refractivity contribution >= 4 is 53.1 Å². The normalized spacial score (nSPS) is 9.39. The SMILES string of the molecule is FC(F)(F)C#CC(F)(F)F.FP(F)F.FP(F)F.FP(F)F.FP(F)F.FP(F)F.FP(F)F.[Rh].[Rh]. The summed E-state index contributed by atoms with van der Waals surface area (Å²) in [5.41, 5.74) is 0. The standard InChI is InChI=1S/C4F6.6F3P.2Rh/c5-3(6,7)1-2-4(8,9)10;6*1-4(2)3;;. The summed E-state index contributed by atoms with van der Waals surface area (Å²) in [5.74, 6) is 0.174. The van der Waals surface area contributed by atoms with E-state index in [-0.39, 0.29) is 50.8 Å². The van der Waals surface area contributed by atoms with Gasteiger partial charge in [0.25, 0.3) is 0 Å². The second-order valence-corrected chi connectivity index (χ2v) is 4.70. The van der Waals surface area contributed by atoms with Crippen LogP contribution in [-0.4, -0.2) is 12.4 Å². The molecule has 0 saturated heterocycles. The Balaban J connectivity index is -0.0000000350. The summed E-state index contributed by atoms with van der Waals surface area (Å²) in [4.78, 5) is 0. The molecule has 2 radical (unpaired) electrons. The molecule has 32 heteroatoms. The molecule has 0 aliphatic carbocycles. The molecular formula is C4F24P6Rh2. The molecule has 0 rings (SSSR count). The fraction of sp³-hybridized carbons (Fsp3) is 0.500. The first-order valence-corrected chi connectivity index (χ1v) is 11.0. The minimum Gasteiger partial charge on any atom is -0.159 e. The molecule has 36 heavy (non-hydrogen) atoms. The maximum Gasteiger partial charge on any atom is 0.457 e. The zero-order valence-corrected chi connectivity index (χ0v) is 23.1. The van der Waals surface area contributed by atoms with Gasteiger partial charge in [-0.2, -0.15) is 102 Å². The Morgan fingerprint density at radius 1 is 0.278 bits per heavy atom. The van der Waals surface area contributed by atoms with Crippen molar-refractivity contribution in [2.75, 3.05) is 0 Å². The first-order valence-electron chi connectivity index (χ1n) is 4.93. The quantitative estimate of drug-likeness (QED) is 0.0984. The van der Waals surface area contributed by atoms with Crippen LogP contribution < -0.4 is 0 Å². The number of hydrogen-bond donors (Lipinski definition) is 0. The summed E-state index contributed by atoms with van der Waals surface area (Å²) in [6, 6.07) is 0. The van der Waals surface area contributed by atoms with Crippen LogP contribution in [0, 0.1) is 11.8 Å². The van der Waals surface area contributed by atoms with Gasteiger partial charge in [-0.05, 0) is 0 Å². The van der Waals surface area contributed by atoms with Crippen molar-refractivity contribution in [1.29, 1.82) is 0 Å². The minimum atomic E-state index is -5.07. The predicted octanol–water partition coefficient (Wildman–Crippen LogP) is 14.8. The van der Waals surface area contributed by atoms with E-state index in [1.54, 1.807) is 0 Å². The van der Waals surface area contributed by atoms with Gasteiger partial charge >= 0.3 is 65.5 Å². The molecule has 0 unspecified atom stereocenters. The monoisotopic (exact) mass is 896 g/mol. The Labute approximate surface area is 218 Å². The summed E-state index contributed by atoms with van der Waals surface area (Å²) >= 11 is 0. The molecule has 0 amide bonds. The number of halogens is 24. The summed E-state index contributed by atoms with van der Waals surface area (Å²) in [6.45, 7) is 0. The van der Waals surface area contributed by atoms with Crippen LogP contribution in [0.3, 0.4) is 0 Å². The summed E-state index contributed by atoms with van der Waals surface area (Å²) in [7, 11) is -24.7. The van der Waals surface area contributed by atoms with Crippen molar-refractivity contribution in [2.45, 2.75) is 12.4 Å². The van der Waals surface area contributed by atoms with Gasteiger partial charge in [-0.15, -0.1) is 0 Å². The Morgan fingerprint density at radius 2 is 0.333 bits per heavy atom. The number of rotatable bonds is 0. The molecule has 0 aromatic heterocycles. The van der Waals surface area contributed by atoms with Gasteiger partial charge in [-0.3, -0.25) is 0 Å². The molecule has 232 valence electrons. The molecular weight excluding hydrogens is 896 g/mol. The van der Waals surface area contributed by atoms with Crippen LogP contribution in [0.15, 0.2) is 0 Å². The summed E-state index contributed by atoms with van der Waals surface area (Å²) < 4.78 is 241. The maximum atomic E-state index is 10.9. The predicted molar refractivity (Wildman–Crippen MR) is 81.3 cm³/mol. The molecule has 0 fully saturated rings. The van der Waals surface area contributed by atoms with Gasteiger partial charge in [0.2, 0.25) is 0 Å². The van der Waals surface area contributed by atoms with Crippen molar-refractivity contribution in [1.82, 2.24) is 0 Å². The van der Waals surface area contributed by atoms with Gasteiger partial charge < -0.3 is 0 Å². The van der Waals surface area contributed by atoms with Crippen LogP contribution in [0.4, 0.5) is 102 Å². The Kier molecular flexibility index (Phi) is 70.5. The Morgan fingerprint density at radius 3 is 0.361 bits per heavy atom. The van der Waals surface area contributed by atoms with Crippen molar-refractivity contribution in [3.63, 3.8) is 0 Å². The second kappa shape index (κ2) is 41.2. The second-order valence-electron chi connectivity index (χ2n) is 2.40. The van der Waals surface area contributed by atoms with E-state index in [0.717, 1.165) is 0 Å². The van der Waals surface area contributed by atoms with Gasteiger partial charge in [0.15, 0.2) is 0 Å². The van der Waals surface area contributed by atoms with E-state index in [4.69, 9.17) is 0 Å². The molecule has 0 aliphatic rings. The van der Waals surface area contributed by atoms with Gasteiger partial charge in [-0.25, -0.2) is 0 Å². The van der Waals surface area contributed by atoms with Crippen LogP contribution in [0.2, 0.25) is 0 Å². The number of hydrogen-bond acceptors (Lipinski definition) is 0. The fourth-order valence-corrected chi connectivity index (χ4v) is 0.142. The third-order valence-electron chi connectivity index (χ3n) is 0.346. The zero-order chi connectivity index (χ0) is 29.9. The van der Waals surface area contributed by atoms with E-state index in [1.807, 2.05) is 0 Å². The molecule has 0 bridgehead atoms. The molecule has 0 aromatic carbocycles. The summed E-state index contributed by atoms with van der Waals surface area (Å²) in [5, 5.41) is 0. The molecule has 0 atom stereocenters. The van der Waals surface area contributed by atoms with Gasteiger partial charge in [0, 0.05) is 50.8 Å². The largest absolute Gasteiger partial charge is 0.457 e. The molecule has 0 aliphatic heterocycles. The fourth-order valence-electron chi connectivity index (χ4n) is 0.142. The van der Waals surface area contributed by atoms with Crippen LogP contribution in [0.25, 0.3) is 0 Å². The average Bonchev–Trinajstić information content (AvgIpc) is 2.39. The Hall–Kier alpha value is 1.71. The van der Waals surface area contributed by atoms with Crippen LogP contribution in [-0.2, 0) is 39.0 Å². The third kappa shape index (κ3) is 567. The minimum absolute atomic E-state index is 0. The van der Waals surface area contributed by atoms with E-state index in [0.29, 0.717) is 0 Å². The van der Waals surface area contributed by atoms with Gasteiger partial charge in [0.1, 0.15) is 0 Å². The van der Waals surface area contributed by atoms with Gasteiger partial charge in [-0.1, -0.05) is 0 Å². The molecule has 0 aromatic rings. The molecule has 0 spiro atoms. The number of alkyl halides is 6. The molecule has 0 nitrogen and oxygen atoms in total. The van der Waals surface area contributed by atoms with Crippen LogP contribution in [0.1, 0.15) is 0 Å². The first kappa shape index (κ1) is 61.7. The van der Waals surface area contributed by atoms with Crippen LogP contribution >= 0.6 is 53.1 Å². The molecule has 0 N–H and O–H groups in total. The van der Waals surface area contributed by atoms with E-state index >= 15 is 0 Å². The molecule has 0 saturated carbocycles.